The van der Waals surface area contributed by atoms with E-state index in [9.17, 15) is 14.3 Å². The highest BCUT2D eigenvalue weighted by Crippen LogP contribution is 2.19. The first-order valence-corrected chi connectivity index (χ1v) is 5.52. The van der Waals surface area contributed by atoms with Crippen molar-refractivity contribution >= 4 is 5.91 Å². The molecule has 1 heterocycles. The van der Waals surface area contributed by atoms with Crippen molar-refractivity contribution in [3.05, 3.63) is 24.2 Å². The maximum atomic E-state index is 13.3. The van der Waals surface area contributed by atoms with Gasteiger partial charge in [-0.3, -0.25) is 4.79 Å². The van der Waals surface area contributed by atoms with Crippen LogP contribution in [-0.4, -0.2) is 22.7 Å². The van der Waals surface area contributed by atoms with Crippen LogP contribution >= 0.6 is 0 Å². The van der Waals surface area contributed by atoms with E-state index >= 15 is 0 Å². The summed E-state index contributed by atoms with van der Waals surface area (Å²) in [6.07, 6.45) is 0.935. The van der Waals surface area contributed by atoms with Crippen LogP contribution in [0.2, 0.25) is 0 Å². The molecular weight excluding hydrogens is 225 g/mol. The summed E-state index contributed by atoms with van der Waals surface area (Å²) in [7, 11) is 0. The monoisotopic (exact) mass is 243 g/mol. The Hall–Kier alpha value is -1.36. The molecule has 0 radical (unpaired) electrons. The summed E-state index contributed by atoms with van der Waals surface area (Å²) in [5.41, 5.74) is -1.91. The third-order valence-electron chi connectivity index (χ3n) is 2.37. The number of amides is 1. The minimum Gasteiger partial charge on any atom is -0.467 e. The Morgan fingerprint density at radius 1 is 1.65 bits per heavy atom. The molecule has 17 heavy (non-hydrogen) atoms. The van der Waals surface area contributed by atoms with Crippen molar-refractivity contribution in [2.24, 2.45) is 0 Å². The van der Waals surface area contributed by atoms with Gasteiger partial charge in [0.25, 0.3) is 5.91 Å². The minimum atomic E-state index is -1.91. The molecule has 1 rings (SSSR count). The van der Waals surface area contributed by atoms with E-state index in [4.69, 9.17) is 4.42 Å². The molecule has 2 N–H and O–H groups in total. The van der Waals surface area contributed by atoms with Gasteiger partial charge in [0.15, 0.2) is 5.67 Å². The van der Waals surface area contributed by atoms with E-state index in [-0.39, 0.29) is 12.5 Å². The number of alkyl halides is 1. The summed E-state index contributed by atoms with van der Waals surface area (Å²) in [6, 6.07) is 2.99. The molecule has 0 spiro atoms. The number of carbonyl (C=O) groups excluding carboxylic acids is 1. The Kier molecular flexibility index (Phi) is 4.28. The molecule has 0 saturated heterocycles. The second kappa shape index (κ2) is 5.31. The molecule has 0 bridgehead atoms. The zero-order chi connectivity index (χ0) is 13.1. The van der Waals surface area contributed by atoms with Crippen molar-refractivity contribution in [1.82, 2.24) is 5.32 Å². The molecule has 0 aliphatic heterocycles. The molecule has 0 aromatic carbocycles. The lowest BCUT2D eigenvalue weighted by atomic mass is 10.1. The van der Waals surface area contributed by atoms with E-state index in [1.54, 1.807) is 19.1 Å². The van der Waals surface area contributed by atoms with Crippen LogP contribution in [0.3, 0.4) is 0 Å². The molecule has 0 aliphatic rings. The summed E-state index contributed by atoms with van der Waals surface area (Å²) in [5, 5.41) is 12.3. The highest BCUT2D eigenvalue weighted by molar-refractivity contribution is 5.84. The molecule has 0 fully saturated rings. The minimum absolute atomic E-state index is 0.273. The Balaban J connectivity index is 2.45. The lowest BCUT2D eigenvalue weighted by Gasteiger charge is -2.20. The fraction of sp³-hybridized carbons (Fsp3) is 0.583. The van der Waals surface area contributed by atoms with Crippen LogP contribution in [0.15, 0.2) is 22.8 Å². The summed E-state index contributed by atoms with van der Waals surface area (Å²) < 4.78 is 18.3. The number of halogens is 1. The molecule has 4 nitrogen and oxygen atoms in total. The van der Waals surface area contributed by atoms with E-state index in [0.717, 1.165) is 0 Å². The van der Waals surface area contributed by atoms with Gasteiger partial charge < -0.3 is 14.8 Å². The zero-order valence-corrected chi connectivity index (χ0v) is 10.2. The van der Waals surface area contributed by atoms with Crippen LogP contribution in [0.5, 0.6) is 0 Å². The summed E-state index contributed by atoms with van der Waals surface area (Å²) >= 11 is 0. The molecule has 2 atom stereocenters. The maximum Gasteiger partial charge on any atom is 0.257 e. The van der Waals surface area contributed by atoms with Crippen LogP contribution < -0.4 is 5.32 Å². The highest BCUT2D eigenvalue weighted by atomic mass is 19.1. The number of aliphatic hydroxyl groups is 1. The van der Waals surface area contributed by atoms with Gasteiger partial charge in [-0.2, -0.15) is 0 Å². The maximum absolute atomic E-state index is 13.3. The van der Waals surface area contributed by atoms with Crippen LogP contribution in [0.1, 0.15) is 39.1 Å². The highest BCUT2D eigenvalue weighted by Gasteiger charge is 2.28. The van der Waals surface area contributed by atoms with Crippen molar-refractivity contribution in [1.29, 1.82) is 0 Å². The molecule has 2 unspecified atom stereocenters. The number of aliphatic hydroxyl groups excluding tert-OH is 1. The Morgan fingerprint density at radius 3 is 2.76 bits per heavy atom. The second-order valence-corrected chi connectivity index (χ2v) is 4.61. The van der Waals surface area contributed by atoms with Gasteiger partial charge >= 0.3 is 0 Å². The van der Waals surface area contributed by atoms with Crippen molar-refractivity contribution in [3.8, 4) is 0 Å². The van der Waals surface area contributed by atoms with Gasteiger partial charge in [-0.25, -0.2) is 4.39 Å². The van der Waals surface area contributed by atoms with E-state index in [0.29, 0.717) is 5.76 Å². The number of nitrogens with one attached hydrogen (secondary N) is 1. The number of furan rings is 1. The fourth-order valence-corrected chi connectivity index (χ4v) is 1.39. The summed E-state index contributed by atoms with van der Waals surface area (Å²) in [5.74, 6) is -0.248. The third-order valence-corrected chi connectivity index (χ3v) is 2.37. The van der Waals surface area contributed by atoms with Gasteiger partial charge in [0.1, 0.15) is 11.9 Å². The van der Waals surface area contributed by atoms with Gasteiger partial charge in [-0.05, 0) is 32.9 Å². The van der Waals surface area contributed by atoms with Crippen molar-refractivity contribution in [3.63, 3.8) is 0 Å². The van der Waals surface area contributed by atoms with E-state index < -0.39 is 17.7 Å². The number of rotatable bonds is 5. The number of carbonyl (C=O) groups is 1. The molecule has 0 aliphatic carbocycles. The average molecular weight is 243 g/mol. The molecule has 1 aromatic heterocycles. The van der Waals surface area contributed by atoms with Gasteiger partial charge in [-0.15, -0.1) is 0 Å². The number of hydrogen-bond donors (Lipinski definition) is 2. The van der Waals surface area contributed by atoms with Crippen molar-refractivity contribution in [2.75, 3.05) is 0 Å². The van der Waals surface area contributed by atoms with Crippen LogP contribution in [-0.2, 0) is 4.79 Å². The van der Waals surface area contributed by atoms with Gasteiger partial charge in [-0.1, -0.05) is 0 Å². The normalized spacial score (nSPS) is 15.4. The topological polar surface area (TPSA) is 62.5 Å². The molecule has 1 aromatic rings. The van der Waals surface area contributed by atoms with Crippen LogP contribution in [0.4, 0.5) is 4.39 Å². The zero-order valence-electron chi connectivity index (χ0n) is 10.2. The average Bonchev–Trinajstić information content (AvgIpc) is 2.68. The second-order valence-electron chi connectivity index (χ2n) is 4.61. The predicted octanol–water partition coefficient (Wildman–Crippen LogP) is 1.96. The Morgan fingerprint density at radius 2 is 2.29 bits per heavy atom. The molecule has 1 amide bonds. The first-order chi connectivity index (χ1) is 7.80. The van der Waals surface area contributed by atoms with Crippen LogP contribution in [0.25, 0.3) is 0 Å². The molecule has 5 heteroatoms. The van der Waals surface area contributed by atoms with E-state index in [1.807, 2.05) is 0 Å². The largest absolute Gasteiger partial charge is 0.467 e. The molecule has 0 saturated carbocycles. The molecular formula is C12H18FNO3. The van der Waals surface area contributed by atoms with Gasteiger partial charge in [0.05, 0.1) is 6.26 Å². The first kappa shape index (κ1) is 13.7. The number of hydrogen-bond acceptors (Lipinski definition) is 3. The molecule has 96 valence electrons. The van der Waals surface area contributed by atoms with Crippen molar-refractivity contribution in [2.45, 2.75) is 45.0 Å². The van der Waals surface area contributed by atoms with E-state index in [1.165, 1.54) is 20.1 Å². The Bertz CT molecular complexity index is 356. The van der Waals surface area contributed by atoms with Crippen LogP contribution in [0, 0.1) is 0 Å². The lowest BCUT2D eigenvalue weighted by Crippen LogP contribution is -2.43. The lowest BCUT2D eigenvalue weighted by molar-refractivity contribution is -0.131. The standard InChI is InChI=1S/C12H18FNO3/c1-8(14-11(16)12(2,3)13)7-9(15)10-5-4-6-17-10/h4-6,8-9,15H,7H2,1-3H3,(H,14,16). The Labute approximate surface area is 99.8 Å². The quantitative estimate of drug-likeness (QED) is 0.831. The van der Waals surface area contributed by atoms with Gasteiger partial charge in [0.2, 0.25) is 0 Å². The summed E-state index contributed by atoms with van der Waals surface area (Å²) in [4.78, 5) is 11.4. The first-order valence-electron chi connectivity index (χ1n) is 5.52. The van der Waals surface area contributed by atoms with Crippen molar-refractivity contribution < 1.29 is 18.7 Å². The van der Waals surface area contributed by atoms with E-state index in [2.05, 4.69) is 5.32 Å². The van der Waals surface area contributed by atoms with Gasteiger partial charge in [0, 0.05) is 12.5 Å². The fourth-order valence-electron chi connectivity index (χ4n) is 1.39. The smallest absolute Gasteiger partial charge is 0.257 e. The predicted molar refractivity (Wildman–Crippen MR) is 61.1 cm³/mol. The SMILES string of the molecule is CC(CC(O)c1ccco1)NC(=O)C(C)(C)F. The third kappa shape index (κ3) is 4.19. The summed E-state index contributed by atoms with van der Waals surface area (Å²) in [6.45, 7) is 4.09.